The molecule has 0 fully saturated rings. The van der Waals surface area contributed by atoms with Gasteiger partial charge in [-0.05, 0) is 25.1 Å². The molecule has 3 rings (SSSR count). The van der Waals surface area contributed by atoms with Gasteiger partial charge in [0, 0.05) is 23.1 Å². The zero-order chi connectivity index (χ0) is 15.5. The molecule has 0 aliphatic rings. The number of nitrogens with zero attached hydrogens (tertiary/aromatic N) is 2. The number of nitriles is 1. The lowest BCUT2D eigenvalue weighted by Crippen LogP contribution is -2.13. The number of benzene rings is 2. The van der Waals surface area contributed by atoms with E-state index >= 15 is 0 Å². The summed E-state index contributed by atoms with van der Waals surface area (Å²) in [6, 6.07) is 19.0. The number of carbonyl (C=O) groups is 1. The first-order valence-corrected chi connectivity index (χ1v) is 7.14. The first-order valence-electron chi connectivity index (χ1n) is 7.14. The third kappa shape index (κ3) is 2.23. The lowest BCUT2D eigenvalue weighted by atomic mass is 10.1. The maximum atomic E-state index is 12.7. The van der Waals surface area contributed by atoms with Gasteiger partial charge in [0.05, 0.1) is 5.56 Å². The quantitative estimate of drug-likeness (QED) is 0.797. The van der Waals surface area contributed by atoms with Crippen LogP contribution in [0.2, 0.25) is 0 Å². The molecule has 1 aromatic heterocycles. The van der Waals surface area contributed by atoms with E-state index in [2.05, 4.69) is 11.4 Å². The van der Waals surface area contributed by atoms with Crippen LogP contribution < -0.4 is 5.32 Å². The SMILES string of the molecule is CCn1c(C#N)c(C(=O)Nc2ccccc2)c2ccccc21. The van der Waals surface area contributed by atoms with E-state index in [1.165, 1.54) is 0 Å². The number of aryl methyl sites for hydroxylation is 1. The lowest BCUT2D eigenvalue weighted by Gasteiger charge is -2.05. The van der Waals surface area contributed by atoms with Crippen molar-refractivity contribution in [3.05, 3.63) is 65.9 Å². The maximum Gasteiger partial charge on any atom is 0.259 e. The predicted octanol–water partition coefficient (Wildman–Crippen LogP) is 3.79. The predicted molar refractivity (Wildman–Crippen MR) is 86.7 cm³/mol. The molecule has 1 amide bonds. The third-order valence-corrected chi connectivity index (χ3v) is 3.65. The maximum absolute atomic E-state index is 12.7. The van der Waals surface area contributed by atoms with Gasteiger partial charge >= 0.3 is 0 Å². The van der Waals surface area contributed by atoms with Crippen LogP contribution >= 0.6 is 0 Å². The summed E-state index contributed by atoms with van der Waals surface area (Å²) in [5, 5.41) is 13.2. The van der Waals surface area contributed by atoms with Gasteiger partial charge in [0.1, 0.15) is 11.8 Å². The van der Waals surface area contributed by atoms with Crippen LogP contribution in [0.3, 0.4) is 0 Å². The summed E-state index contributed by atoms with van der Waals surface area (Å²) in [4.78, 5) is 12.7. The zero-order valence-electron chi connectivity index (χ0n) is 12.2. The average Bonchev–Trinajstić information content (AvgIpc) is 2.89. The summed E-state index contributed by atoms with van der Waals surface area (Å²) in [6.45, 7) is 2.61. The van der Waals surface area contributed by atoms with Crippen molar-refractivity contribution in [3.8, 4) is 6.07 Å². The van der Waals surface area contributed by atoms with E-state index < -0.39 is 0 Å². The van der Waals surface area contributed by atoms with Gasteiger partial charge in [-0.15, -0.1) is 0 Å². The van der Waals surface area contributed by atoms with Crippen LogP contribution in [0.15, 0.2) is 54.6 Å². The fraction of sp³-hybridized carbons (Fsp3) is 0.111. The molecule has 0 aliphatic carbocycles. The second-order valence-electron chi connectivity index (χ2n) is 4.92. The number of para-hydroxylation sites is 2. The van der Waals surface area contributed by atoms with Gasteiger partial charge in [-0.25, -0.2) is 0 Å². The topological polar surface area (TPSA) is 57.8 Å². The summed E-state index contributed by atoms with van der Waals surface area (Å²) < 4.78 is 1.87. The Morgan fingerprint density at radius 3 is 2.50 bits per heavy atom. The van der Waals surface area contributed by atoms with E-state index in [1.807, 2.05) is 66.1 Å². The van der Waals surface area contributed by atoms with Crippen LogP contribution in [-0.4, -0.2) is 10.5 Å². The summed E-state index contributed by atoms with van der Waals surface area (Å²) in [5.41, 5.74) is 2.45. The van der Waals surface area contributed by atoms with Crippen molar-refractivity contribution >= 4 is 22.5 Å². The normalized spacial score (nSPS) is 10.4. The van der Waals surface area contributed by atoms with E-state index in [4.69, 9.17) is 0 Å². The lowest BCUT2D eigenvalue weighted by molar-refractivity contribution is 0.102. The molecule has 0 aliphatic heterocycles. The van der Waals surface area contributed by atoms with Gasteiger partial charge in [-0.3, -0.25) is 4.79 Å². The molecule has 0 spiro atoms. The first kappa shape index (κ1) is 13.9. The van der Waals surface area contributed by atoms with Crippen LogP contribution in [0.25, 0.3) is 10.9 Å². The monoisotopic (exact) mass is 289 g/mol. The number of amides is 1. The molecule has 3 aromatic rings. The Bertz CT molecular complexity index is 872. The number of hydrogen-bond acceptors (Lipinski definition) is 2. The van der Waals surface area contributed by atoms with Crippen molar-refractivity contribution < 1.29 is 4.79 Å². The Morgan fingerprint density at radius 1 is 1.14 bits per heavy atom. The van der Waals surface area contributed by atoms with Crippen molar-refractivity contribution in [1.29, 1.82) is 5.26 Å². The highest BCUT2D eigenvalue weighted by molar-refractivity contribution is 6.14. The summed E-state index contributed by atoms with van der Waals surface area (Å²) in [6.07, 6.45) is 0. The van der Waals surface area contributed by atoms with Crippen LogP contribution in [-0.2, 0) is 6.54 Å². The largest absolute Gasteiger partial charge is 0.332 e. The number of anilines is 1. The first-order chi connectivity index (χ1) is 10.8. The van der Waals surface area contributed by atoms with Gasteiger partial charge in [0.2, 0.25) is 0 Å². The zero-order valence-corrected chi connectivity index (χ0v) is 12.2. The van der Waals surface area contributed by atoms with Crippen LogP contribution in [0, 0.1) is 11.3 Å². The average molecular weight is 289 g/mol. The molecule has 0 unspecified atom stereocenters. The third-order valence-electron chi connectivity index (χ3n) is 3.65. The molecule has 0 saturated heterocycles. The fourth-order valence-electron chi connectivity index (χ4n) is 2.69. The molecule has 1 heterocycles. The highest BCUT2D eigenvalue weighted by Gasteiger charge is 2.21. The summed E-state index contributed by atoms with van der Waals surface area (Å²) >= 11 is 0. The minimum atomic E-state index is -0.258. The highest BCUT2D eigenvalue weighted by atomic mass is 16.1. The van der Waals surface area contributed by atoms with E-state index in [0.29, 0.717) is 23.5 Å². The molecule has 4 heteroatoms. The molecule has 0 bridgehead atoms. The molecular formula is C18H15N3O. The Balaban J connectivity index is 2.14. The van der Waals surface area contributed by atoms with Gasteiger partial charge in [-0.1, -0.05) is 36.4 Å². The summed E-state index contributed by atoms with van der Waals surface area (Å²) in [5.74, 6) is -0.258. The number of carbonyl (C=O) groups excluding carboxylic acids is 1. The highest BCUT2D eigenvalue weighted by Crippen LogP contribution is 2.26. The van der Waals surface area contributed by atoms with Gasteiger partial charge in [-0.2, -0.15) is 5.26 Å². The minimum Gasteiger partial charge on any atom is -0.332 e. The van der Waals surface area contributed by atoms with Crippen molar-refractivity contribution in [2.45, 2.75) is 13.5 Å². The molecule has 0 saturated carbocycles. The molecule has 0 radical (unpaired) electrons. The number of rotatable bonds is 3. The molecule has 108 valence electrons. The van der Waals surface area contributed by atoms with E-state index in [1.54, 1.807) is 0 Å². The van der Waals surface area contributed by atoms with E-state index in [-0.39, 0.29) is 5.91 Å². The Morgan fingerprint density at radius 2 is 1.82 bits per heavy atom. The molecule has 0 atom stereocenters. The second kappa shape index (κ2) is 5.74. The van der Waals surface area contributed by atoms with Gasteiger partial charge in [0.15, 0.2) is 0 Å². The van der Waals surface area contributed by atoms with Gasteiger partial charge in [0.25, 0.3) is 5.91 Å². The number of hydrogen-bond donors (Lipinski definition) is 1. The van der Waals surface area contributed by atoms with E-state index in [9.17, 15) is 10.1 Å². The van der Waals surface area contributed by atoms with Crippen molar-refractivity contribution in [3.63, 3.8) is 0 Å². The number of aromatic nitrogens is 1. The minimum absolute atomic E-state index is 0.258. The molecule has 1 N–H and O–H groups in total. The standard InChI is InChI=1S/C18H15N3O/c1-2-21-15-11-7-6-10-14(15)17(16(21)12-19)18(22)20-13-8-4-3-5-9-13/h3-11H,2H2,1H3,(H,20,22). The Hall–Kier alpha value is -3.06. The van der Waals surface area contributed by atoms with Crippen molar-refractivity contribution in [2.24, 2.45) is 0 Å². The van der Waals surface area contributed by atoms with E-state index in [0.717, 1.165) is 10.9 Å². The van der Waals surface area contributed by atoms with Crippen LogP contribution in [0.1, 0.15) is 23.0 Å². The van der Waals surface area contributed by atoms with Crippen molar-refractivity contribution in [1.82, 2.24) is 4.57 Å². The van der Waals surface area contributed by atoms with Crippen molar-refractivity contribution in [2.75, 3.05) is 5.32 Å². The second-order valence-corrected chi connectivity index (χ2v) is 4.92. The smallest absolute Gasteiger partial charge is 0.259 e. The Kier molecular flexibility index (Phi) is 3.63. The molecule has 22 heavy (non-hydrogen) atoms. The van der Waals surface area contributed by atoms with Crippen LogP contribution in [0.5, 0.6) is 0 Å². The summed E-state index contributed by atoms with van der Waals surface area (Å²) in [7, 11) is 0. The van der Waals surface area contributed by atoms with Gasteiger partial charge < -0.3 is 9.88 Å². The fourth-order valence-corrected chi connectivity index (χ4v) is 2.69. The number of nitrogens with one attached hydrogen (secondary N) is 1. The Labute approximate surface area is 128 Å². The van der Waals surface area contributed by atoms with Crippen LogP contribution in [0.4, 0.5) is 5.69 Å². The molecule has 2 aromatic carbocycles. The molecule has 4 nitrogen and oxygen atoms in total. The molecular weight excluding hydrogens is 274 g/mol. The number of fused-ring (bicyclic) bond motifs is 1.